The third-order valence-electron chi connectivity index (χ3n) is 2.65. The normalized spacial score (nSPS) is 19.1. The molecule has 1 amide bonds. The molecule has 1 rings (SSSR count). The lowest BCUT2D eigenvalue weighted by molar-refractivity contribution is -0.223. The molecule has 1 unspecified atom stereocenters. The molecule has 1 aliphatic heterocycles. The van der Waals surface area contributed by atoms with Crippen molar-refractivity contribution in [1.29, 1.82) is 0 Å². The minimum Gasteiger partial charge on any atom is -0.457 e. The van der Waals surface area contributed by atoms with Gasteiger partial charge in [-0.2, -0.15) is 0 Å². The van der Waals surface area contributed by atoms with E-state index in [0.717, 1.165) is 6.42 Å². The average Bonchev–Trinajstić information content (AvgIpc) is 2.31. The molecule has 1 heterocycles. The topological polar surface area (TPSA) is 55.8 Å². The van der Waals surface area contributed by atoms with Crippen molar-refractivity contribution in [3.05, 3.63) is 24.8 Å². The fraction of sp³-hybridized carbons (Fsp3) is 0.600. The summed E-state index contributed by atoms with van der Waals surface area (Å²) < 4.78 is 5.15. The van der Waals surface area contributed by atoms with E-state index in [1.807, 2.05) is 20.8 Å². The Hall–Kier alpha value is -1.62. The second kappa shape index (κ2) is 7.24. The molecular weight excluding hydrogens is 258 g/mol. The van der Waals surface area contributed by atoms with Crippen LogP contribution in [0.3, 0.4) is 0 Å². The molecule has 0 saturated carbocycles. The summed E-state index contributed by atoms with van der Waals surface area (Å²) in [6.07, 6.45) is 6.76. The number of hydrogen-bond acceptors (Lipinski definition) is 4. The van der Waals surface area contributed by atoms with E-state index in [2.05, 4.69) is 6.58 Å². The van der Waals surface area contributed by atoms with Gasteiger partial charge in [-0.15, -0.1) is 6.58 Å². The lowest BCUT2D eigenvalue weighted by Crippen LogP contribution is -2.52. The first-order valence-corrected chi connectivity index (χ1v) is 6.79. The van der Waals surface area contributed by atoms with Gasteiger partial charge >= 0.3 is 5.97 Å². The van der Waals surface area contributed by atoms with Crippen molar-refractivity contribution in [2.75, 3.05) is 6.61 Å². The molecule has 5 nitrogen and oxygen atoms in total. The molecule has 5 heteroatoms. The Morgan fingerprint density at radius 1 is 1.50 bits per heavy atom. The summed E-state index contributed by atoms with van der Waals surface area (Å²) >= 11 is 0. The largest absolute Gasteiger partial charge is 0.457 e. The number of amides is 1. The van der Waals surface area contributed by atoms with E-state index in [9.17, 15) is 9.59 Å². The maximum absolute atomic E-state index is 11.4. The zero-order chi connectivity index (χ0) is 15.2. The van der Waals surface area contributed by atoms with Gasteiger partial charge in [-0.05, 0) is 33.6 Å². The zero-order valence-corrected chi connectivity index (χ0v) is 12.4. The third kappa shape index (κ3) is 5.57. The third-order valence-corrected chi connectivity index (χ3v) is 2.65. The van der Waals surface area contributed by atoms with Crippen molar-refractivity contribution in [3.8, 4) is 0 Å². The average molecular weight is 281 g/mol. The van der Waals surface area contributed by atoms with Gasteiger partial charge in [0.1, 0.15) is 5.60 Å². The molecule has 0 radical (unpaired) electrons. The molecule has 1 atom stereocenters. The van der Waals surface area contributed by atoms with Gasteiger partial charge < -0.3 is 4.74 Å². The smallest absolute Gasteiger partial charge is 0.330 e. The number of rotatable bonds is 7. The lowest BCUT2D eigenvalue weighted by atomic mass is 10.00. The quantitative estimate of drug-likeness (QED) is 0.311. The first kappa shape index (κ1) is 16.4. The molecule has 112 valence electrons. The van der Waals surface area contributed by atoms with Crippen molar-refractivity contribution in [1.82, 2.24) is 5.06 Å². The summed E-state index contributed by atoms with van der Waals surface area (Å²) in [5.74, 6) is -0.352. The van der Waals surface area contributed by atoms with Crippen molar-refractivity contribution in [2.45, 2.75) is 51.7 Å². The number of esters is 1. The van der Waals surface area contributed by atoms with Crippen LogP contribution in [0.2, 0.25) is 0 Å². The minimum atomic E-state index is -0.475. The highest BCUT2D eigenvalue weighted by atomic mass is 16.7. The maximum atomic E-state index is 11.4. The maximum Gasteiger partial charge on any atom is 0.330 e. The number of carbonyl (C=O) groups excluding carboxylic acids is 2. The van der Waals surface area contributed by atoms with Crippen LogP contribution in [0.5, 0.6) is 0 Å². The Bertz CT molecular complexity index is 395. The van der Waals surface area contributed by atoms with Crippen LogP contribution >= 0.6 is 0 Å². The Labute approximate surface area is 120 Å². The number of β-lactam (4-membered cyclic amide) rings is 1. The molecule has 0 aliphatic carbocycles. The molecule has 0 N–H and O–H groups in total. The molecule has 0 bridgehead atoms. The summed E-state index contributed by atoms with van der Waals surface area (Å²) in [4.78, 5) is 28.0. The van der Waals surface area contributed by atoms with E-state index >= 15 is 0 Å². The van der Waals surface area contributed by atoms with Crippen molar-refractivity contribution < 1.29 is 19.2 Å². The number of carbonyl (C=O) groups is 2. The molecule has 20 heavy (non-hydrogen) atoms. The number of allylic oxidation sites excluding steroid dienone is 1. The van der Waals surface area contributed by atoms with Crippen LogP contribution in [0, 0.1) is 0 Å². The molecular formula is C15H23NO4. The van der Waals surface area contributed by atoms with Crippen LogP contribution in [-0.2, 0) is 19.2 Å². The number of hydrogen-bond donors (Lipinski definition) is 0. The fourth-order valence-corrected chi connectivity index (χ4v) is 1.80. The van der Waals surface area contributed by atoms with Gasteiger partial charge in [0, 0.05) is 6.08 Å². The molecule has 0 aromatic carbocycles. The fourth-order valence-electron chi connectivity index (χ4n) is 1.80. The van der Waals surface area contributed by atoms with Gasteiger partial charge in [-0.1, -0.05) is 12.2 Å². The van der Waals surface area contributed by atoms with Crippen LogP contribution in [0.1, 0.15) is 40.0 Å². The lowest BCUT2D eigenvalue weighted by Gasteiger charge is -2.38. The van der Waals surface area contributed by atoms with Gasteiger partial charge in [-0.25, -0.2) is 9.86 Å². The van der Waals surface area contributed by atoms with Crippen LogP contribution in [-0.4, -0.2) is 35.2 Å². The van der Waals surface area contributed by atoms with E-state index in [4.69, 9.17) is 9.57 Å². The van der Waals surface area contributed by atoms with Gasteiger partial charge in [0.05, 0.1) is 19.1 Å². The highest BCUT2D eigenvalue weighted by Gasteiger charge is 2.36. The first-order chi connectivity index (χ1) is 9.33. The molecule has 0 spiro atoms. The standard InChI is InChI=1S/C15H23NO4/c1-5-10-19-16-12(11-13(16)17)8-6-7-9-14(18)20-15(2,3)4/h5,7,9,12H,1,6,8,10-11H2,2-4H3/b9-7+. The van der Waals surface area contributed by atoms with Gasteiger partial charge in [0.2, 0.25) is 5.91 Å². The predicted octanol–water partition coefficient (Wildman–Crippen LogP) is 2.38. The van der Waals surface area contributed by atoms with Gasteiger partial charge in [0.15, 0.2) is 0 Å². The molecule has 1 saturated heterocycles. The highest BCUT2D eigenvalue weighted by Crippen LogP contribution is 2.23. The molecule has 1 fully saturated rings. The second-order valence-corrected chi connectivity index (χ2v) is 5.68. The highest BCUT2D eigenvalue weighted by molar-refractivity contribution is 5.82. The second-order valence-electron chi connectivity index (χ2n) is 5.68. The summed E-state index contributed by atoms with van der Waals surface area (Å²) in [7, 11) is 0. The van der Waals surface area contributed by atoms with E-state index < -0.39 is 5.60 Å². The van der Waals surface area contributed by atoms with E-state index in [0.29, 0.717) is 19.4 Å². The van der Waals surface area contributed by atoms with Crippen LogP contribution in [0.25, 0.3) is 0 Å². The monoisotopic (exact) mass is 281 g/mol. The zero-order valence-electron chi connectivity index (χ0n) is 12.4. The predicted molar refractivity (Wildman–Crippen MR) is 75.6 cm³/mol. The Kier molecular flexibility index (Phi) is 5.95. The van der Waals surface area contributed by atoms with Crippen LogP contribution in [0.4, 0.5) is 0 Å². The SMILES string of the molecule is C=CCON1C(=O)CC1CC/C=C/C(=O)OC(C)(C)C. The molecule has 0 aromatic rings. The summed E-state index contributed by atoms with van der Waals surface area (Å²) in [5.41, 5.74) is -0.475. The summed E-state index contributed by atoms with van der Waals surface area (Å²) in [6.45, 7) is 9.35. The minimum absolute atomic E-state index is 0.00651. The molecule has 1 aliphatic rings. The van der Waals surface area contributed by atoms with Crippen molar-refractivity contribution in [3.63, 3.8) is 0 Å². The summed E-state index contributed by atoms with van der Waals surface area (Å²) in [6, 6.07) is 0.0886. The van der Waals surface area contributed by atoms with Gasteiger partial charge in [-0.3, -0.25) is 9.63 Å². The van der Waals surface area contributed by atoms with Crippen LogP contribution in [0.15, 0.2) is 24.8 Å². The Balaban J connectivity index is 2.25. The number of nitrogens with zero attached hydrogens (tertiary/aromatic N) is 1. The van der Waals surface area contributed by atoms with E-state index in [1.165, 1.54) is 11.1 Å². The Morgan fingerprint density at radius 3 is 2.75 bits per heavy atom. The van der Waals surface area contributed by atoms with E-state index in [-0.39, 0.29) is 17.9 Å². The number of ether oxygens (including phenoxy) is 1. The van der Waals surface area contributed by atoms with Crippen molar-refractivity contribution >= 4 is 11.9 Å². The number of hydroxylamine groups is 2. The Morgan fingerprint density at radius 2 is 2.20 bits per heavy atom. The van der Waals surface area contributed by atoms with E-state index in [1.54, 1.807) is 12.2 Å². The van der Waals surface area contributed by atoms with Crippen LogP contribution < -0.4 is 0 Å². The first-order valence-electron chi connectivity index (χ1n) is 6.79. The van der Waals surface area contributed by atoms with Crippen molar-refractivity contribution in [2.24, 2.45) is 0 Å². The van der Waals surface area contributed by atoms with Gasteiger partial charge in [0.25, 0.3) is 0 Å². The summed E-state index contributed by atoms with van der Waals surface area (Å²) in [5, 5.41) is 1.39. The molecule has 0 aromatic heterocycles.